The number of nitrogens with one attached hydrogen (secondary N) is 1. The van der Waals surface area contributed by atoms with Crippen LogP contribution in [0.1, 0.15) is 54.0 Å². The van der Waals surface area contributed by atoms with E-state index in [2.05, 4.69) is 29.4 Å². The first kappa shape index (κ1) is 16.7. The van der Waals surface area contributed by atoms with Gasteiger partial charge in [-0.15, -0.1) is 0 Å². The average Bonchev–Trinajstić information content (AvgIpc) is 3.07. The monoisotopic (exact) mass is 322 g/mol. The lowest BCUT2D eigenvalue weighted by molar-refractivity contribution is -0.118. The molecule has 1 amide bonds. The van der Waals surface area contributed by atoms with Gasteiger partial charge in [0, 0.05) is 5.69 Å². The van der Waals surface area contributed by atoms with Crippen LogP contribution in [0.25, 0.3) is 0 Å². The van der Waals surface area contributed by atoms with Crippen LogP contribution in [-0.2, 0) is 4.79 Å². The number of amides is 1. The minimum absolute atomic E-state index is 0.0738. The molecule has 0 saturated heterocycles. The zero-order valence-corrected chi connectivity index (χ0v) is 14.8. The van der Waals surface area contributed by atoms with Crippen molar-refractivity contribution in [2.75, 3.05) is 5.32 Å². The Balaban J connectivity index is 1.88. The molecular formula is C21H26N2O. The van der Waals surface area contributed by atoms with Crippen LogP contribution in [0, 0.1) is 26.7 Å². The summed E-state index contributed by atoms with van der Waals surface area (Å²) in [5.74, 6) is 0.460. The molecule has 1 heterocycles. The van der Waals surface area contributed by atoms with E-state index in [1.54, 1.807) is 6.20 Å². The second-order valence-corrected chi connectivity index (χ2v) is 6.99. The molecule has 1 N–H and O–H groups in total. The number of rotatable bonds is 4. The van der Waals surface area contributed by atoms with Crippen molar-refractivity contribution >= 4 is 11.6 Å². The fourth-order valence-corrected chi connectivity index (χ4v) is 3.77. The van der Waals surface area contributed by atoms with Crippen LogP contribution >= 0.6 is 0 Å². The Morgan fingerprint density at radius 2 is 1.83 bits per heavy atom. The van der Waals surface area contributed by atoms with Crippen molar-refractivity contribution in [3.63, 3.8) is 0 Å². The Kier molecular flexibility index (Phi) is 4.98. The predicted molar refractivity (Wildman–Crippen MR) is 98.2 cm³/mol. The van der Waals surface area contributed by atoms with Gasteiger partial charge < -0.3 is 5.32 Å². The Labute approximate surface area is 144 Å². The van der Waals surface area contributed by atoms with E-state index >= 15 is 0 Å². The predicted octanol–water partition coefficient (Wildman–Crippen LogP) is 4.92. The average molecular weight is 322 g/mol. The molecule has 0 aliphatic heterocycles. The van der Waals surface area contributed by atoms with Crippen LogP contribution in [0.5, 0.6) is 0 Å². The van der Waals surface area contributed by atoms with E-state index in [4.69, 9.17) is 0 Å². The molecule has 24 heavy (non-hydrogen) atoms. The van der Waals surface area contributed by atoms with Crippen LogP contribution in [-0.4, -0.2) is 10.9 Å². The van der Waals surface area contributed by atoms with Gasteiger partial charge in [0.1, 0.15) is 0 Å². The molecule has 0 spiro atoms. The van der Waals surface area contributed by atoms with E-state index < -0.39 is 0 Å². The molecule has 1 unspecified atom stereocenters. The lowest BCUT2D eigenvalue weighted by atomic mass is 9.82. The van der Waals surface area contributed by atoms with Gasteiger partial charge in [0.25, 0.3) is 0 Å². The van der Waals surface area contributed by atoms with E-state index in [1.807, 2.05) is 32.0 Å². The fourth-order valence-electron chi connectivity index (χ4n) is 3.77. The van der Waals surface area contributed by atoms with Crippen LogP contribution in [0.4, 0.5) is 5.69 Å². The molecule has 1 aromatic carbocycles. The van der Waals surface area contributed by atoms with Crippen LogP contribution in [0.15, 0.2) is 36.5 Å². The molecule has 0 radical (unpaired) electrons. The molecule has 1 saturated carbocycles. The van der Waals surface area contributed by atoms with E-state index in [-0.39, 0.29) is 11.8 Å². The number of carbonyl (C=O) groups excluding carboxylic acids is 1. The van der Waals surface area contributed by atoms with Crippen LogP contribution in [0.3, 0.4) is 0 Å². The van der Waals surface area contributed by atoms with Gasteiger partial charge in [0.2, 0.25) is 5.91 Å². The number of carbonyl (C=O) groups is 1. The fraction of sp³-hybridized carbons (Fsp3) is 0.429. The zero-order chi connectivity index (χ0) is 17.1. The number of hydrogen-bond donors (Lipinski definition) is 1. The van der Waals surface area contributed by atoms with Crippen molar-refractivity contribution in [3.05, 3.63) is 58.9 Å². The maximum absolute atomic E-state index is 13.1. The molecule has 0 bridgehead atoms. The summed E-state index contributed by atoms with van der Waals surface area (Å²) in [6.07, 6.45) is 6.48. The van der Waals surface area contributed by atoms with Crippen molar-refractivity contribution < 1.29 is 4.79 Å². The van der Waals surface area contributed by atoms with Crippen molar-refractivity contribution in [1.29, 1.82) is 0 Å². The minimum Gasteiger partial charge on any atom is -0.324 e. The number of benzene rings is 1. The second kappa shape index (κ2) is 7.16. The molecular weight excluding hydrogens is 296 g/mol. The van der Waals surface area contributed by atoms with E-state index in [9.17, 15) is 4.79 Å². The van der Waals surface area contributed by atoms with Gasteiger partial charge >= 0.3 is 0 Å². The molecule has 126 valence electrons. The first-order chi connectivity index (χ1) is 11.6. The largest absolute Gasteiger partial charge is 0.324 e. The first-order valence-corrected chi connectivity index (χ1v) is 8.86. The lowest BCUT2D eigenvalue weighted by Gasteiger charge is -2.24. The summed E-state index contributed by atoms with van der Waals surface area (Å²) in [6, 6.07) is 10.3. The maximum Gasteiger partial charge on any atom is 0.232 e. The van der Waals surface area contributed by atoms with Gasteiger partial charge in [-0.3, -0.25) is 9.78 Å². The van der Waals surface area contributed by atoms with Gasteiger partial charge in [-0.1, -0.05) is 37.1 Å². The summed E-state index contributed by atoms with van der Waals surface area (Å²) in [7, 11) is 0. The molecule has 2 aromatic rings. The molecule has 3 nitrogen and oxygen atoms in total. The first-order valence-electron chi connectivity index (χ1n) is 8.86. The standard InChI is InChI=1S/C21H26N2O/c1-14-8-4-7-11-19(14)20(17-9-5-6-10-17)21(24)23-18-12-15(2)16(3)22-13-18/h4,7-8,11-13,17,20H,5-6,9-10H2,1-3H3,(H,23,24). The van der Waals surface area contributed by atoms with E-state index in [0.29, 0.717) is 5.92 Å². The Hall–Kier alpha value is -2.16. The summed E-state index contributed by atoms with van der Waals surface area (Å²) in [6.45, 7) is 6.10. The number of aromatic nitrogens is 1. The number of nitrogens with zero attached hydrogens (tertiary/aromatic N) is 1. The smallest absolute Gasteiger partial charge is 0.232 e. The minimum atomic E-state index is -0.0738. The number of hydrogen-bond acceptors (Lipinski definition) is 2. The normalized spacial score (nSPS) is 16.1. The van der Waals surface area contributed by atoms with Crippen molar-refractivity contribution in [3.8, 4) is 0 Å². The van der Waals surface area contributed by atoms with Gasteiger partial charge in [-0.05, 0) is 62.3 Å². The number of aryl methyl sites for hydroxylation is 3. The van der Waals surface area contributed by atoms with Crippen molar-refractivity contribution in [2.24, 2.45) is 5.92 Å². The second-order valence-electron chi connectivity index (χ2n) is 6.99. The van der Waals surface area contributed by atoms with Gasteiger partial charge in [-0.25, -0.2) is 0 Å². The highest BCUT2D eigenvalue weighted by molar-refractivity contribution is 5.96. The molecule has 1 aliphatic carbocycles. The van der Waals surface area contributed by atoms with E-state index in [1.165, 1.54) is 24.0 Å². The topological polar surface area (TPSA) is 42.0 Å². The summed E-state index contributed by atoms with van der Waals surface area (Å²) in [5, 5.41) is 3.11. The third-order valence-corrected chi connectivity index (χ3v) is 5.28. The van der Waals surface area contributed by atoms with Gasteiger partial charge in [0.05, 0.1) is 17.8 Å². The summed E-state index contributed by atoms with van der Waals surface area (Å²) in [5.41, 5.74) is 5.25. The van der Waals surface area contributed by atoms with Crippen LogP contribution < -0.4 is 5.32 Å². The number of pyridine rings is 1. The maximum atomic E-state index is 13.1. The zero-order valence-electron chi connectivity index (χ0n) is 14.8. The molecule has 3 heteroatoms. The third kappa shape index (κ3) is 3.50. The molecule has 1 fully saturated rings. The third-order valence-electron chi connectivity index (χ3n) is 5.28. The molecule has 1 aromatic heterocycles. The van der Waals surface area contributed by atoms with Gasteiger partial charge in [0.15, 0.2) is 0 Å². The van der Waals surface area contributed by atoms with Gasteiger partial charge in [-0.2, -0.15) is 0 Å². The SMILES string of the molecule is Cc1ccccc1C(C(=O)Nc1cnc(C)c(C)c1)C1CCCC1. The molecule has 1 atom stereocenters. The highest BCUT2D eigenvalue weighted by atomic mass is 16.1. The Morgan fingerprint density at radius 1 is 1.12 bits per heavy atom. The highest BCUT2D eigenvalue weighted by Crippen LogP contribution is 2.39. The number of anilines is 1. The quantitative estimate of drug-likeness (QED) is 0.868. The Morgan fingerprint density at radius 3 is 2.50 bits per heavy atom. The van der Waals surface area contributed by atoms with E-state index in [0.717, 1.165) is 29.8 Å². The highest BCUT2D eigenvalue weighted by Gasteiger charge is 2.32. The summed E-state index contributed by atoms with van der Waals surface area (Å²) >= 11 is 0. The Bertz CT molecular complexity index is 732. The summed E-state index contributed by atoms with van der Waals surface area (Å²) < 4.78 is 0. The molecule has 3 rings (SSSR count). The molecule has 1 aliphatic rings. The van der Waals surface area contributed by atoms with Crippen molar-refractivity contribution in [2.45, 2.75) is 52.4 Å². The summed E-state index contributed by atoms with van der Waals surface area (Å²) in [4.78, 5) is 17.5. The van der Waals surface area contributed by atoms with Crippen molar-refractivity contribution in [1.82, 2.24) is 4.98 Å². The van der Waals surface area contributed by atoms with Crippen LogP contribution in [0.2, 0.25) is 0 Å². The lowest BCUT2D eigenvalue weighted by Crippen LogP contribution is -2.27.